The zero-order valence-corrected chi connectivity index (χ0v) is 19.3. The van der Waals surface area contributed by atoms with Crippen LogP contribution in [0.2, 0.25) is 0 Å². The first-order chi connectivity index (χ1) is 17.8. The van der Waals surface area contributed by atoms with Crippen LogP contribution in [0.5, 0.6) is 0 Å². The molecular formula is C22H16F8N8. The number of fused-ring (bicyclic) bond motifs is 3. The fourth-order valence-electron chi connectivity index (χ4n) is 4.29. The van der Waals surface area contributed by atoms with Gasteiger partial charge in [0, 0.05) is 25.0 Å². The number of benzene rings is 1. The van der Waals surface area contributed by atoms with Crippen LogP contribution in [0.15, 0.2) is 36.8 Å². The van der Waals surface area contributed by atoms with Crippen molar-refractivity contribution in [3.05, 3.63) is 60.1 Å². The molecule has 0 aliphatic carbocycles. The Hall–Kier alpha value is -4.11. The van der Waals surface area contributed by atoms with Crippen molar-refractivity contribution in [2.24, 2.45) is 0 Å². The molecule has 1 aliphatic heterocycles. The summed E-state index contributed by atoms with van der Waals surface area (Å²) < 4.78 is 111. The minimum absolute atomic E-state index is 0.0619. The Morgan fingerprint density at radius 3 is 2.42 bits per heavy atom. The Kier molecular flexibility index (Phi) is 6.06. The van der Waals surface area contributed by atoms with Gasteiger partial charge >= 0.3 is 12.4 Å². The average molecular weight is 544 g/mol. The summed E-state index contributed by atoms with van der Waals surface area (Å²) in [4.78, 5) is 13.4. The van der Waals surface area contributed by atoms with E-state index in [4.69, 9.17) is 0 Å². The smallest absolute Gasteiger partial charge is 0.344 e. The van der Waals surface area contributed by atoms with Crippen LogP contribution in [0, 0.1) is 18.6 Å². The molecule has 1 atom stereocenters. The van der Waals surface area contributed by atoms with Crippen molar-refractivity contribution in [2.45, 2.75) is 38.2 Å². The monoisotopic (exact) mass is 544 g/mol. The maximum Gasteiger partial charge on any atom is 0.391 e. The van der Waals surface area contributed by atoms with Crippen molar-refractivity contribution in [2.75, 3.05) is 11.4 Å². The maximum absolute atomic E-state index is 14.5. The fourth-order valence-corrected chi connectivity index (χ4v) is 4.29. The summed E-state index contributed by atoms with van der Waals surface area (Å²) in [5, 5.41) is 7.62. The molecule has 0 N–H and O–H groups in total. The van der Waals surface area contributed by atoms with E-state index in [9.17, 15) is 35.1 Å². The summed E-state index contributed by atoms with van der Waals surface area (Å²) >= 11 is 0. The number of hydrogen-bond donors (Lipinski definition) is 0. The second-order valence-corrected chi connectivity index (χ2v) is 8.46. The highest BCUT2D eigenvalue weighted by atomic mass is 19.4. The van der Waals surface area contributed by atoms with Crippen LogP contribution in [-0.2, 0) is 0 Å². The number of imidazole rings is 1. The molecule has 5 rings (SSSR count). The lowest BCUT2D eigenvalue weighted by atomic mass is 10.1. The molecule has 4 aromatic rings. The highest BCUT2D eigenvalue weighted by Crippen LogP contribution is 2.43. The van der Waals surface area contributed by atoms with Gasteiger partial charge in [-0.3, -0.25) is 9.13 Å². The third kappa shape index (κ3) is 4.77. The van der Waals surface area contributed by atoms with Crippen LogP contribution in [0.4, 0.5) is 40.9 Å². The first-order valence-electron chi connectivity index (χ1n) is 11.0. The van der Waals surface area contributed by atoms with E-state index >= 15 is 0 Å². The molecule has 1 aromatic carbocycles. The molecule has 0 unspecified atom stereocenters. The first-order valence-corrected chi connectivity index (χ1v) is 11.0. The molecule has 0 fully saturated rings. The largest absolute Gasteiger partial charge is 0.391 e. The van der Waals surface area contributed by atoms with Gasteiger partial charge in [-0.15, -0.1) is 10.2 Å². The van der Waals surface area contributed by atoms with E-state index in [0.717, 1.165) is 17.0 Å². The highest BCUT2D eigenvalue weighted by molar-refractivity contribution is 5.64. The van der Waals surface area contributed by atoms with Gasteiger partial charge in [0.1, 0.15) is 29.0 Å². The molecule has 3 aromatic heterocycles. The molecule has 0 bridgehead atoms. The second kappa shape index (κ2) is 9.02. The Labute approximate surface area is 208 Å². The van der Waals surface area contributed by atoms with Gasteiger partial charge in [-0.25, -0.2) is 18.7 Å². The van der Waals surface area contributed by atoms with Crippen LogP contribution in [0.25, 0.3) is 23.0 Å². The van der Waals surface area contributed by atoms with Gasteiger partial charge in [0.15, 0.2) is 11.6 Å². The fraction of sp³-hybridized carbons (Fsp3) is 0.318. The van der Waals surface area contributed by atoms with Gasteiger partial charge in [0.05, 0.1) is 30.6 Å². The molecule has 0 amide bonds. The zero-order valence-electron chi connectivity index (χ0n) is 19.3. The Bertz CT molecular complexity index is 1490. The molecule has 0 saturated heterocycles. The lowest BCUT2D eigenvalue weighted by molar-refractivity contribution is -0.141. The molecule has 0 spiro atoms. The number of aryl methyl sites for hydroxylation is 1. The molecule has 4 heterocycles. The summed E-state index contributed by atoms with van der Waals surface area (Å²) in [6, 6.07) is 1.11. The minimum atomic E-state index is -4.75. The second-order valence-electron chi connectivity index (χ2n) is 8.46. The summed E-state index contributed by atoms with van der Waals surface area (Å²) in [6.07, 6.45) is -8.58. The van der Waals surface area contributed by atoms with E-state index in [-0.39, 0.29) is 40.5 Å². The maximum atomic E-state index is 14.5. The number of anilines is 1. The predicted molar refractivity (Wildman–Crippen MR) is 116 cm³/mol. The van der Waals surface area contributed by atoms with Crippen molar-refractivity contribution in [3.63, 3.8) is 0 Å². The number of alkyl halides is 6. The number of halogens is 8. The van der Waals surface area contributed by atoms with Gasteiger partial charge in [0.25, 0.3) is 0 Å². The third-order valence-electron chi connectivity index (χ3n) is 5.86. The van der Waals surface area contributed by atoms with Gasteiger partial charge in [-0.1, -0.05) is 0 Å². The Morgan fingerprint density at radius 1 is 0.974 bits per heavy atom. The normalized spacial score (nSPS) is 15.5. The van der Waals surface area contributed by atoms with Crippen LogP contribution in [-0.4, -0.2) is 53.2 Å². The van der Waals surface area contributed by atoms with E-state index in [1.165, 1.54) is 34.6 Å². The van der Waals surface area contributed by atoms with Crippen LogP contribution >= 0.6 is 0 Å². The van der Waals surface area contributed by atoms with E-state index in [2.05, 4.69) is 25.1 Å². The lowest BCUT2D eigenvalue weighted by Gasteiger charge is -2.38. The molecule has 0 radical (unpaired) electrons. The Balaban J connectivity index is 1.67. The third-order valence-corrected chi connectivity index (χ3v) is 5.86. The molecular weight excluding hydrogens is 528 g/mol. The predicted octanol–water partition coefficient (Wildman–Crippen LogP) is 5.26. The van der Waals surface area contributed by atoms with Crippen molar-refractivity contribution >= 4 is 5.82 Å². The number of hydrogen-bond acceptors (Lipinski definition) is 6. The molecule has 1 aliphatic rings. The van der Waals surface area contributed by atoms with Gasteiger partial charge in [0.2, 0.25) is 5.95 Å². The van der Waals surface area contributed by atoms with E-state index < -0.39 is 49.4 Å². The number of nitrogens with zero attached hydrogens (tertiary/aromatic N) is 8. The van der Waals surface area contributed by atoms with Crippen molar-refractivity contribution < 1.29 is 35.1 Å². The van der Waals surface area contributed by atoms with E-state index in [0.29, 0.717) is 6.07 Å². The molecule has 8 nitrogen and oxygen atoms in total. The lowest BCUT2D eigenvalue weighted by Crippen LogP contribution is -2.40. The highest BCUT2D eigenvalue weighted by Gasteiger charge is 2.44. The summed E-state index contributed by atoms with van der Waals surface area (Å²) in [5.41, 5.74) is -0.0555. The zero-order chi connectivity index (χ0) is 27.4. The van der Waals surface area contributed by atoms with Crippen molar-refractivity contribution in [1.29, 1.82) is 0 Å². The first kappa shape index (κ1) is 25.5. The van der Waals surface area contributed by atoms with E-state index in [1.54, 1.807) is 0 Å². The average Bonchev–Trinajstić information content (AvgIpc) is 3.44. The van der Waals surface area contributed by atoms with Crippen LogP contribution in [0.1, 0.15) is 30.5 Å². The molecule has 0 saturated carbocycles. The quantitative estimate of drug-likeness (QED) is 0.319. The van der Waals surface area contributed by atoms with Crippen LogP contribution in [0.3, 0.4) is 0 Å². The van der Waals surface area contributed by atoms with E-state index in [1.807, 2.05) is 0 Å². The van der Waals surface area contributed by atoms with Crippen molar-refractivity contribution in [1.82, 2.24) is 34.3 Å². The number of aromatic nitrogens is 7. The molecule has 38 heavy (non-hydrogen) atoms. The topological polar surface area (TPSA) is 77.5 Å². The van der Waals surface area contributed by atoms with Crippen LogP contribution < -0.4 is 4.90 Å². The molecule has 200 valence electrons. The molecule has 16 heteroatoms. The summed E-state index contributed by atoms with van der Waals surface area (Å²) in [5.74, 6) is -2.31. The van der Waals surface area contributed by atoms with Gasteiger partial charge in [-0.2, -0.15) is 31.3 Å². The minimum Gasteiger partial charge on any atom is -0.344 e. The summed E-state index contributed by atoms with van der Waals surface area (Å²) in [7, 11) is 0. The van der Waals surface area contributed by atoms with Gasteiger partial charge in [-0.05, 0) is 19.1 Å². The standard InChI is InChI=1S/C22H16F8N8/c1-11-34-35-19-15(9-22(28,29)30)36(6-4-21(25,26)27)18-16(38(11)19)10-32-20(33-18)37-7-5-31-17(37)13-3-2-12(23)8-14(13)24/h2-3,5,7-8,10,15H,4,6,9H2,1H3/t15-/m0/s1. The SMILES string of the molecule is Cc1nnc2n1-c1cnc(-n3ccnc3-c3ccc(F)cc3F)nc1N(CCC(F)(F)F)[C@H]2CC(F)(F)F. The van der Waals surface area contributed by atoms with Gasteiger partial charge < -0.3 is 4.90 Å². The summed E-state index contributed by atoms with van der Waals surface area (Å²) in [6.45, 7) is 0.610. The number of rotatable bonds is 5. The van der Waals surface area contributed by atoms with Crippen molar-refractivity contribution in [3.8, 4) is 23.0 Å². The Morgan fingerprint density at radius 2 is 1.74 bits per heavy atom.